The van der Waals surface area contributed by atoms with Crippen LogP contribution in [0.1, 0.15) is 30.0 Å². The second-order valence-corrected chi connectivity index (χ2v) is 6.79. The maximum absolute atomic E-state index is 13.1. The molecule has 0 saturated carbocycles. The number of carbonyl (C=O) groups is 1. The van der Waals surface area contributed by atoms with Gasteiger partial charge in [-0.05, 0) is 32.9 Å². The van der Waals surface area contributed by atoms with Crippen LogP contribution >= 0.6 is 24.8 Å². The van der Waals surface area contributed by atoms with Crippen molar-refractivity contribution < 1.29 is 4.79 Å². The number of nitrogens with one attached hydrogen (secondary N) is 1. The maximum atomic E-state index is 13.1. The van der Waals surface area contributed by atoms with Crippen molar-refractivity contribution in [2.24, 2.45) is 0 Å². The molecule has 9 heteroatoms. The normalized spacial score (nSPS) is 19.0. The van der Waals surface area contributed by atoms with E-state index in [4.69, 9.17) is 0 Å². The minimum Gasteiger partial charge on any atom is -0.332 e. The Kier molecular flexibility index (Phi) is 6.98. The molecular formula is C19H24Cl2N6O. The summed E-state index contributed by atoms with van der Waals surface area (Å²) >= 11 is 0. The van der Waals surface area contributed by atoms with Crippen molar-refractivity contribution in [1.82, 2.24) is 30.2 Å². The van der Waals surface area contributed by atoms with Crippen molar-refractivity contribution in [2.75, 3.05) is 13.1 Å². The lowest BCUT2D eigenvalue weighted by atomic mass is 10.1. The van der Waals surface area contributed by atoms with Crippen LogP contribution in [-0.4, -0.2) is 56.0 Å². The molecule has 1 fully saturated rings. The average Bonchev–Trinajstić information content (AvgIpc) is 3.04. The lowest BCUT2D eigenvalue weighted by Gasteiger charge is -2.38. The molecule has 1 amide bonds. The summed E-state index contributed by atoms with van der Waals surface area (Å²) in [5.74, 6) is -0.0588. The van der Waals surface area contributed by atoms with Gasteiger partial charge in [-0.2, -0.15) is 0 Å². The van der Waals surface area contributed by atoms with Crippen molar-refractivity contribution in [1.29, 1.82) is 0 Å². The number of hydrogen-bond donors (Lipinski definition) is 1. The summed E-state index contributed by atoms with van der Waals surface area (Å²) in [6.45, 7) is 7.52. The summed E-state index contributed by atoms with van der Waals surface area (Å²) in [4.78, 5) is 19.1. The van der Waals surface area contributed by atoms with Gasteiger partial charge in [0.05, 0.1) is 11.4 Å². The van der Waals surface area contributed by atoms with E-state index in [-0.39, 0.29) is 42.8 Å². The predicted octanol–water partition coefficient (Wildman–Crippen LogP) is 2.79. The largest absolute Gasteiger partial charge is 0.332 e. The van der Waals surface area contributed by atoms with E-state index in [2.05, 4.69) is 34.5 Å². The van der Waals surface area contributed by atoms with Gasteiger partial charge in [-0.25, -0.2) is 4.68 Å². The molecule has 3 aromatic rings. The van der Waals surface area contributed by atoms with Crippen molar-refractivity contribution in [2.45, 2.75) is 32.9 Å². The number of carbonyl (C=O) groups excluding carboxylic acids is 1. The first-order valence-corrected chi connectivity index (χ1v) is 8.87. The fourth-order valence-corrected chi connectivity index (χ4v) is 3.53. The molecule has 4 rings (SSSR count). The zero-order valence-electron chi connectivity index (χ0n) is 16.0. The van der Waals surface area contributed by atoms with E-state index in [1.807, 2.05) is 42.3 Å². The molecule has 0 bridgehead atoms. The molecule has 0 aliphatic carbocycles. The Balaban J connectivity index is 0.00000140. The van der Waals surface area contributed by atoms with Gasteiger partial charge in [-0.3, -0.25) is 9.78 Å². The highest BCUT2D eigenvalue weighted by Crippen LogP contribution is 2.23. The molecule has 2 atom stereocenters. The molecule has 1 aliphatic heterocycles. The molecule has 150 valence electrons. The van der Waals surface area contributed by atoms with E-state index >= 15 is 0 Å². The summed E-state index contributed by atoms with van der Waals surface area (Å²) in [7, 11) is 0. The van der Waals surface area contributed by atoms with Gasteiger partial charge in [0.2, 0.25) is 0 Å². The Morgan fingerprint density at radius 1 is 1.21 bits per heavy atom. The highest BCUT2D eigenvalue weighted by molar-refractivity contribution is 5.94. The molecule has 1 aromatic carbocycles. The molecular weight excluding hydrogens is 399 g/mol. The number of rotatable bonds is 2. The molecule has 2 unspecified atom stereocenters. The summed E-state index contributed by atoms with van der Waals surface area (Å²) in [5, 5.41) is 13.9. The van der Waals surface area contributed by atoms with Crippen LogP contribution in [0.4, 0.5) is 0 Å². The molecule has 7 nitrogen and oxygen atoms in total. The van der Waals surface area contributed by atoms with Gasteiger partial charge in [-0.15, -0.1) is 29.9 Å². The van der Waals surface area contributed by atoms with Gasteiger partial charge < -0.3 is 10.2 Å². The first-order valence-electron chi connectivity index (χ1n) is 8.87. The number of benzene rings is 1. The van der Waals surface area contributed by atoms with Crippen LogP contribution in [0.2, 0.25) is 0 Å². The fraction of sp³-hybridized carbons (Fsp3) is 0.368. The summed E-state index contributed by atoms with van der Waals surface area (Å²) in [6, 6.07) is 8.27. The third-order valence-corrected chi connectivity index (χ3v) is 5.28. The van der Waals surface area contributed by atoms with Gasteiger partial charge in [0.1, 0.15) is 0 Å². The van der Waals surface area contributed by atoms with E-state index in [0.717, 1.165) is 28.7 Å². The van der Waals surface area contributed by atoms with Crippen molar-refractivity contribution in [3.8, 4) is 5.69 Å². The number of halogens is 2. The van der Waals surface area contributed by atoms with Crippen molar-refractivity contribution in [3.05, 3.63) is 48.0 Å². The number of nitrogens with zero attached hydrogens (tertiary/aromatic N) is 5. The van der Waals surface area contributed by atoms with E-state index in [9.17, 15) is 4.79 Å². The van der Waals surface area contributed by atoms with Gasteiger partial charge in [0.25, 0.3) is 5.91 Å². The SMILES string of the molecule is Cc1c(C(=O)N2CCNC(C)C2C)nnn1-c1cccc2cnccc12.Cl.Cl. The minimum atomic E-state index is -0.0588. The van der Waals surface area contributed by atoms with E-state index in [1.165, 1.54) is 0 Å². The van der Waals surface area contributed by atoms with Gasteiger partial charge in [0, 0.05) is 48.3 Å². The number of pyridine rings is 1. The van der Waals surface area contributed by atoms with Gasteiger partial charge in [-0.1, -0.05) is 17.3 Å². The highest BCUT2D eigenvalue weighted by atomic mass is 35.5. The first kappa shape index (κ1) is 22.1. The third kappa shape index (κ3) is 3.70. The number of hydrogen-bond acceptors (Lipinski definition) is 5. The third-order valence-electron chi connectivity index (χ3n) is 5.28. The first-order chi connectivity index (χ1) is 12.6. The predicted molar refractivity (Wildman–Crippen MR) is 114 cm³/mol. The standard InChI is InChI=1S/C19H22N6O.2ClH/c1-12-13(2)24(10-9-21-12)19(26)18-14(3)25(23-22-18)17-6-4-5-15-11-20-8-7-16(15)17;;/h4-8,11-13,21H,9-10H2,1-3H3;2*1H. The molecule has 1 N–H and O–H groups in total. The lowest BCUT2D eigenvalue weighted by molar-refractivity contribution is 0.0596. The summed E-state index contributed by atoms with van der Waals surface area (Å²) < 4.78 is 1.74. The number of fused-ring (bicyclic) bond motifs is 1. The molecule has 1 saturated heterocycles. The molecule has 28 heavy (non-hydrogen) atoms. The van der Waals surface area contributed by atoms with Crippen LogP contribution < -0.4 is 5.32 Å². The maximum Gasteiger partial charge on any atom is 0.276 e. The Morgan fingerprint density at radius 2 is 2.00 bits per heavy atom. The second kappa shape index (κ2) is 8.86. The number of piperazine rings is 1. The summed E-state index contributed by atoms with van der Waals surface area (Å²) in [5.41, 5.74) is 2.06. The van der Waals surface area contributed by atoms with E-state index in [0.29, 0.717) is 12.2 Å². The average molecular weight is 423 g/mol. The summed E-state index contributed by atoms with van der Waals surface area (Å²) in [6.07, 6.45) is 3.58. The highest BCUT2D eigenvalue weighted by Gasteiger charge is 2.31. The smallest absolute Gasteiger partial charge is 0.276 e. The topological polar surface area (TPSA) is 75.9 Å². The molecule has 0 spiro atoms. The van der Waals surface area contributed by atoms with Gasteiger partial charge >= 0.3 is 0 Å². The molecule has 0 radical (unpaired) electrons. The van der Waals surface area contributed by atoms with E-state index < -0.39 is 0 Å². The second-order valence-electron chi connectivity index (χ2n) is 6.79. The number of aromatic nitrogens is 4. The Labute approximate surface area is 176 Å². The van der Waals surface area contributed by atoms with Crippen LogP contribution in [0.15, 0.2) is 36.7 Å². The Morgan fingerprint density at radius 3 is 2.79 bits per heavy atom. The van der Waals surface area contributed by atoms with Crippen LogP contribution in [0.25, 0.3) is 16.5 Å². The van der Waals surface area contributed by atoms with Crippen LogP contribution in [-0.2, 0) is 0 Å². The molecule has 2 aromatic heterocycles. The lowest BCUT2D eigenvalue weighted by Crippen LogP contribution is -2.57. The van der Waals surface area contributed by atoms with Crippen molar-refractivity contribution in [3.63, 3.8) is 0 Å². The van der Waals surface area contributed by atoms with Crippen molar-refractivity contribution >= 4 is 41.5 Å². The zero-order chi connectivity index (χ0) is 18.3. The molecule has 3 heterocycles. The molecule has 1 aliphatic rings. The fourth-order valence-electron chi connectivity index (χ4n) is 3.53. The quantitative estimate of drug-likeness (QED) is 0.686. The Hall–Kier alpha value is -2.22. The monoisotopic (exact) mass is 422 g/mol. The van der Waals surface area contributed by atoms with Gasteiger partial charge in [0.15, 0.2) is 5.69 Å². The van der Waals surface area contributed by atoms with Crippen LogP contribution in [0.5, 0.6) is 0 Å². The zero-order valence-corrected chi connectivity index (χ0v) is 17.6. The van der Waals surface area contributed by atoms with E-state index in [1.54, 1.807) is 10.9 Å². The Bertz CT molecular complexity index is 971. The van der Waals surface area contributed by atoms with Crippen LogP contribution in [0.3, 0.4) is 0 Å². The minimum absolute atomic E-state index is 0. The van der Waals surface area contributed by atoms with Crippen LogP contribution in [0, 0.1) is 6.92 Å². The number of amides is 1.